The van der Waals surface area contributed by atoms with Gasteiger partial charge in [-0.05, 0) is 30.9 Å². The van der Waals surface area contributed by atoms with Crippen molar-refractivity contribution in [3.63, 3.8) is 0 Å². The number of hydrogen-bond acceptors (Lipinski definition) is 4. The third-order valence-corrected chi connectivity index (χ3v) is 5.85. The summed E-state index contributed by atoms with van der Waals surface area (Å²) >= 11 is 0. The molecule has 0 radical (unpaired) electrons. The van der Waals surface area contributed by atoms with Crippen molar-refractivity contribution in [3.05, 3.63) is 36.0 Å². The molecule has 1 aromatic heterocycles. The Labute approximate surface area is 124 Å². The molecule has 0 spiro atoms. The van der Waals surface area contributed by atoms with E-state index >= 15 is 0 Å². The van der Waals surface area contributed by atoms with Gasteiger partial charge in [0.25, 0.3) is 0 Å². The Kier molecular flexibility index (Phi) is 2.47. The zero-order valence-electron chi connectivity index (χ0n) is 12.2. The highest BCUT2D eigenvalue weighted by molar-refractivity contribution is 5.39. The van der Waals surface area contributed by atoms with E-state index in [1.807, 2.05) is 6.33 Å². The molecule has 21 heavy (non-hydrogen) atoms. The van der Waals surface area contributed by atoms with Crippen molar-refractivity contribution in [2.45, 2.75) is 32.0 Å². The van der Waals surface area contributed by atoms with Crippen LogP contribution in [0.5, 0.6) is 0 Å². The van der Waals surface area contributed by atoms with E-state index in [4.69, 9.17) is 0 Å². The molecule has 3 unspecified atom stereocenters. The predicted molar refractivity (Wildman–Crippen MR) is 79.5 cm³/mol. The fourth-order valence-electron chi connectivity index (χ4n) is 4.41. The lowest BCUT2D eigenvalue weighted by Gasteiger charge is -2.34. The molecule has 110 valence electrons. The summed E-state index contributed by atoms with van der Waals surface area (Å²) in [5.41, 5.74) is 2.10. The van der Waals surface area contributed by atoms with Crippen molar-refractivity contribution in [2.24, 2.45) is 11.3 Å². The van der Waals surface area contributed by atoms with Crippen molar-refractivity contribution < 1.29 is 0 Å². The number of aromatic nitrogens is 3. The van der Waals surface area contributed by atoms with Gasteiger partial charge in [-0.2, -0.15) is 0 Å². The lowest BCUT2D eigenvalue weighted by Crippen LogP contribution is -2.40. The van der Waals surface area contributed by atoms with E-state index in [0.29, 0.717) is 11.5 Å². The van der Waals surface area contributed by atoms with E-state index in [1.54, 1.807) is 5.57 Å². The summed E-state index contributed by atoms with van der Waals surface area (Å²) in [6, 6.07) is 0.530. The molecule has 4 aliphatic rings. The highest BCUT2D eigenvalue weighted by Gasteiger charge is 2.58. The minimum absolute atomic E-state index is 0.504. The van der Waals surface area contributed by atoms with Crippen LogP contribution >= 0.6 is 0 Å². The summed E-state index contributed by atoms with van der Waals surface area (Å²) in [7, 11) is 0. The van der Waals surface area contributed by atoms with Gasteiger partial charge >= 0.3 is 0 Å². The smallest absolute Gasteiger partial charge is 0.147 e. The second-order valence-electron chi connectivity index (χ2n) is 6.92. The summed E-state index contributed by atoms with van der Waals surface area (Å²) in [6.45, 7) is 5.44. The maximum atomic E-state index is 4.22. The van der Waals surface area contributed by atoms with Crippen LogP contribution < -0.4 is 5.32 Å². The Bertz CT molecular complexity index is 630. The third-order valence-electron chi connectivity index (χ3n) is 5.85. The Morgan fingerprint density at radius 2 is 2.33 bits per heavy atom. The molecule has 0 amide bonds. The van der Waals surface area contributed by atoms with Gasteiger partial charge in [0.2, 0.25) is 0 Å². The quantitative estimate of drug-likeness (QED) is 0.878. The minimum Gasteiger partial charge on any atom is -0.316 e. The SMILES string of the molecule is C1=CC(N2CCn3cnnc3C2)CC=C1C12CNCC1C2. The Balaban J connectivity index is 1.30. The van der Waals surface area contributed by atoms with Crippen LogP contribution in [0.1, 0.15) is 18.7 Å². The standard InChI is InChI=1S/C16H21N5/c1-3-14(20-5-6-21-11-18-19-15(21)9-20)4-2-12(1)16-7-13(16)8-17-10-16/h1-3,11,13-14,17H,4-10H2. The maximum Gasteiger partial charge on any atom is 0.147 e. The molecule has 3 atom stereocenters. The lowest BCUT2D eigenvalue weighted by molar-refractivity contribution is 0.179. The van der Waals surface area contributed by atoms with E-state index in [-0.39, 0.29) is 0 Å². The lowest BCUT2D eigenvalue weighted by atomic mass is 9.88. The third kappa shape index (κ3) is 1.77. The van der Waals surface area contributed by atoms with E-state index in [9.17, 15) is 0 Å². The van der Waals surface area contributed by atoms with Crippen molar-refractivity contribution in [3.8, 4) is 0 Å². The zero-order chi connectivity index (χ0) is 13.9. The zero-order valence-corrected chi connectivity index (χ0v) is 12.2. The number of nitrogens with zero attached hydrogens (tertiary/aromatic N) is 4. The first-order chi connectivity index (χ1) is 10.4. The molecule has 1 aromatic rings. The Morgan fingerprint density at radius 3 is 3.10 bits per heavy atom. The molecule has 2 aliphatic heterocycles. The molecule has 1 saturated heterocycles. The van der Waals surface area contributed by atoms with Gasteiger partial charge in [0.05, 0.1) is 6.54 Å². The monoisotopic (exact) mass is 283 g/mol. The fraction of sp³-hybridized carbons (Fsp3) is 0.625. The van der Waals surface area contributed by atoms with Gasteiger partial charge < -0.3 is 9.88 Å². The summed E-state index contributed by atoms with van der Waals surface area (Å²) < 4.78 is 2.17. The van der Waals surface area contributed by atoms with Crippen LogP contribution in [-0.4, -0.2) is 45.3 Å². The highest BCUT2D eigenvalue weighted by atomic mass is 15.3. The van der Waals surface area contributed by atoms with Crippen LogP contribution in [0.4, 0.5) is 0 Å². The first kappa shape index (κ1) is 12.1. The molecule has 2 fully saturated rings. The van der Waals surface area contributed by atoms with E-state index in [0.717, 1.165) is 37.8 Å². The molecule has 5 rings (SSSR count). The number of nitrogens with one attached hydrogen (secondary N) is 1. The number of rotatable bonds is 2. The van der Waals surface area contributed by atoms with Crippen LogP contribution in [0.25, 0.3) is 0 Å². The largest absolute Gasteiger partial charge is 0.316 e. The molecule has 5 heteroatoms. The van der Waals surface area contributed by atoms with Crippen LogP contribution in [0.15, 0.2) is 30.1 Å². The molecular formula is C16H21N5. The molecular weight excluding hydrogens is 262 g/mol. The number of fused-ring (bicyclic) bond motifs is 2. The second kappa shape index (κ2) is 4.27. The summed E-state index contributed by atoms with van der Waals surface area (Å²) in [5.74, 6) is 2.00. The maximum absolute atomic E-state index is 4.22. The van der Waals surface area contributed by atoms with Gasteiger partial charge in [-0.1, -0.05) is 18.2 Å². The van der Waals surface area contributed by atoms with Crippen LogP contribution in [0.2, 0.25) is 0 Å². The number of piperidine rings is 1. The van der Waals surface area contributed by atoms with Crippen molar-refractivity contribution >= 4 is 0 Å². The average molecular weight is 283 g/mol. The van der Waals surface area contributed by atoms with Crippen molar-refractivity contribution in [1.82, 2.24) is 25.0 Å². The molecule has 3 heterocycles. The van der Waals surface area contributed by atoms with Gasteiger partial charge in [0.1, 0.15) is 12.2 Å². The van der Waals surface area contributed by atoms with Crippen molar-refractivity contribution in [1.29, 1.82) is 0 Å². The van der Waals surface area contributed by atoms with Crippen LogP contribution in [0.3, 0.4) is 0 Å². The van der Waals surface area contributed by atoms with E-state index in [2.05, 4.69) is 43.2 Å². The van der Waals surface area contributed by atoms with Gasteiger partial charge in [-0.3, -0.25) is 4.90 Å². The summed E-state index contributed by atoms with van der Waals surface area (Å²) in [5, 5.41) is 11.8. The van der Waals surface area contributed by atoms with Gasteiger partial charge in [-0.15, -0.1) is 10.2 Å². The molecule has 0 bridgehead atoms. The summed E-state index contributed by atoms with van der Waals surface area (Å²) in [6.07, 6.45) is 11.7. The molecule has 5 nitrogen and oxygen atoms in total. The molecule has 1 N–H and O–H groups in total. The molecule has 2 aliphatic carbocycles. The molecule has 1 saturated carbocycles. The Morgan fingerprint density at radius 1 is 1.33 bits per heavy atom. The van der Waals surface area contributed by atoms with Crippen molar-refractivity contribution in [2.75, 3.05) is 19.6 Å². The second-order valence-corrected chi connectivity index (χ2v) is 6.92. The minimum atomic E-state index is 0.504. The van der Waals surface area contributed by atoms with Crippen LogP contribution in [0, 0.1) is 11.3 Å². The van der Waals surface area contributed by atoms with E-state index in [1.165, 1.54) is 19.5 Å². The first-order valence-electron chi connectivity index (χ1n) is 8.05. The number of hydrogen-bond donors (Lipinski definition) is 1. The van der Waals surface area contributed by atoms with Crippen LogP contribution in [-0.2, 0) is 13.1 Å². The fourth-order valence-corrected chi connectivity index (χ4v) is 4.41. The van der Waals surface area contributed by atoms with Gasteiger partial charge in [0, 0.05) is 31.1 Å². The highest BCUT2D eigenvalue weighted by Crippen LogP contribution is 2.60. The van der Waals surface area contributed by atoms with Gasteiger partial charge in [0.15, 0.2) is 0 Å². The number of allylic oxidation sites excluding steroid dienone is 1. The summed E-state index contributed by atoms with van der Waals surface area (Å²) in [4.78, 5) is 2.53. The average Bonchev–Trinajstić information content (AvgIpc) is 2.90. The topological polar surface area (TPSA) is 46.0 Å². The van der Waals surface area contributed by atoms with Gasteiger partial charge in [-0.25, -0.2) is 0 Å². The Hall–Kier alpha value is -1.46. The normalized spacial score (nSPS) is 38.0. The predicted octanol–water partition coefficient (Wildman–Crippen LogP) is 0.958. The molecule has 0 aromatic carbocycles. The first-order valence-corrected chi connectivity index (χ1v) is 8.05. The van der Waals surface area contributed by atoms with E-state index < -0.39 is 0 Å².